The second-order valence-electron chi connectivity index (χ2n) is 3.56. The second-order valence-corrected chi connectivity index (χ2v) is 4.66. The molecule has 0 saturated heterocycles. The molecule has 3 nitrogen and oxygen atoms in total. The fourth-order valence-corrected chi connectivity index (χ4v) is 0.830. The Bertz CT molecular complexity index is 171. The zero-order valence-electron chi connectivity index (χ0n) is 8.69. The second kappa shape index (κ2) is 5.60. The molecule has 0 fully saturated rings. The summed E-state index contributed by atoms with van der Waals surface area (Å²) in [6.07, 6.45) is 0.791. The van der Waals surface area contributed by atoms with Gasteiger partial charge in [-0.3, -0.25) is 4.79 Å². The molecule has 13 heavy (non-hydrogen) atoms. The van der Waals surface area contributed by atoms with Crippen LogP contribution < -0.4 is 5.32 Å². The lowest BCUT2D eigenvalue weighted by molar-refractivity contribution is -0.121. The van der Waals surface area contributed by atoms with Crippen molar-refractivity contribution in [2.24, 2.45) is 0 Å². The third-order valence-corrected chi connectivity index (χ3v) is 2.95. The summed E-state index contributed by atoms with van der Waals surface area (Å²) in [5, 5.41) is 2.81. The van der Waals surface area contributed by atoms with E-state index in [9.17, 15) is 4.79 Å². The van der Waals surface area contributed by atoms with Gasteiger partial charge in [-0.1, -0.05) is 22.9 Å². The van der Waals surface area contributed by atoms with E-state index < -0.39 is 0 Å². The van der Waals surface area contributed by atoms with Gasteiger partial charge in [0.15, 0.2) is 0 Å². The van der Waals surface area contributed by atoms with Crippen LogP contribution in [0.25, 0.3) is 0 Å². The topological polar surface area (TPSA) is 38.3 Å². The van der Waals surface area contributed by atoms with Crippen molar-refractivity contribution in [1.82, 2.24) is 5.32 Å². The first-order chi connectivity index (χ1) is 5.93. The molecule has 0 spiro atoms. The summed E-state index contributed by atoms with van der Waals surface area (Å²) in [4.78, 5) is 11.2. The van der Waals surface area contributed by atoms with E-state index in [0.29, 0.717) is 6.54 Å². The first-order valence-corrected chi connectivity index (χ1v) is 5.31. The van der Waals surface area contributed by atoms with Gasteiger partial charge in [-0.05, 0) is 20.3 Å². The van der Waals surface area contributed by atoms with Crippen LogP contribution >= 0.6 is 15.9 Å². The number of methoxy groups -OCH3 is 1. The Morgan fingerprint density at radius 2 is 2.15 bits per heavy atom. The number of alkyl halides is 1. The van der Waals surface area contributed by atoms with Crippen LogP contribution in [0, 0.1) is 0 Å². The largest absolute Gasteiger partial charge is 0.377 e. The summed E-state index contributed by atoms with van der Waals surface area (Å²) in [5.74, 6) is 0.0209. The molecule has 0 heterocycles. The molecule has 0 aliphatic rings. The molecule has 1 amide bonds. The molecule has 0 saturated carbocycles. The van der Waals surface area contributed by atoms with Crippen LogP contribution in [0.1, 0.15) is 27.2 Å². The molecule has 1 unspecified atom stereocenters. The van der Waals surface area contributed by atoms with Gasteiger partial charge in [0, 0.05) is 13.7 Å². The molecule has 0 aromatic heterocycles. The van der Waals surface area contributed by atoms with E-state index in [1.807, 2.05) is 20.8 Å². The summed E-state index contributed by atoms with van der Waals surface area (Å²) in [7, 11) is 1.64. The van der Waals surface area contributed by atoms with Gasteiger partial charge in [0.25, 0.3) is 0 Å². The van der Waals surface area contributed by atoms with Crippen molar-refractivity contribution < 1.29 is 9.53 Å². The van der Waals surface area contributed by atoms with Gasteiger partial charge >= 0.3 is 0 Å². The fraction of sp³-hybridized carbons (Fsp3) is 0.889. The van der Waals surface area contributed by atoms with Crippen molar-refractivity contribution in [1.29, 1.82) is 0 Å². The molecule has 1 N–H and O–H groups in total. The Kier molecular flexibility index (Phi) is 5.56. The van der Waals surface area contributed by atoms with Crippen molar-refractivity contribution in [3.63, 3.8) is 0 Å². The highest BCUT2D eigenvalue weighted by Crippen LogP contribution is 2.07. The number of nitrogens with one attached hydrogen (secondary N) is 1. The molecule has 0 radical (unpaired) electrons. The van der Waals surface area contributed by atoms with E-state index in [0.717, 1.165) is 6.42 Å². The van der Waals surface area contributed by atoms with E-state index >= 15 is 0 Å². The molecule has 4 heteroatoms. The molecule has 0 aromatic rings. The quantitative estimate of drug-likeness (QED) is 0.756. The lowest BCUT2D eigenvalue weighted by atomic mass is 10.1. The number of carbonyl (C=O) groups is 1. The highest BCUT2D eigenvalue weighted by molar-refractivity contribution is 9.10. The predicted molar refractivity (Wildman–Crippen MR) is 57.1 cm³/mol. The van der Waals surface area contributed by atoms with Crippen LogP contribution in [-0.2, 0) is 9.53 Å². The molecule has 0 aliphatic carbocycles. The van der Waals surface area contributed by atoms with E-state index in [4.69, 9.17) is 4.74 Å². The van der Waals surface area contributed by atoms with Crippen LogP contribution in [-0.4, -0.2) is 30.0 Å². The minimum absolute atomic E-state index is 0.0209. The average molecular weight is 252 g/mol. The standard InChI is InChI=1S/C9H18BrNO2/c1-5-7(10)8(12)11-6-9(2,3)13-4/h7H,5-6H2,1-4H3,(H,11,12). The highest BCUT2D eigenvalue weighted by Gasteiger charge is 2.19. The van der Waals surface area contributed by atoms with E-state index in [1.54, 1.807) is 7.11 Å². The number of carbonyl (C=O) groups excluding carboxylic acids is 1. The Morgan fingerprint density at radius 1 is 1.62 bits per heavy atom. The Balaban J connectivity index is 3.83. The number of hydrogen-bond acceptors (Lipinski definition) is 2. The molecule has 0 aromatic carbocycles. The Labute approximate surface area is 88.4 Å². The number of hydrogen-bond donors (Lipinski definition) is 1. The summed E-state index contributed by atoms with van der Waals surface area (Å²) in [5.41, 5.74) is -0.296. The van der Waals surface area contributed by atoms with Gasteiger partial charge in [0.2, 0.25) is 5.91 Å². The smallest absolute Gasteiger partial charge is 0.233 e. The molecule has 1 atom stereocenters. The first-order valence-electron chi connectivity index (χ1n) is 4.40. The third-order valence-electron chi connectivity index (χ3n) is 1.88. The fourth-order valence-electron chi connectivity index (χ4n) is 0.668. The maximum atomic E-state index is 11.3. The minimum Gasteiger partial charge on any atom is -0.377 e. The average Bonchev–Trinajstić information content (AvgIpc) is 2.13. The maximum absolute atomic E-state index is 11.3. The minimum atomic E-state index is -0.296. The van der Waals surface area contributed by atoms with E-state index in [1.165, 1.54) is 0 Å². The molecule has 0 bridgehead atoms. The van der Waals surface area contributed by atoms with Crippen LogP contribution in [0.3, 0.4) is 0 Å². The van der Waals surface area contributed by atoms with Gasteiger partial charge in [-0.15, -0.1) is 0 Å². The summed E-state index contributed by atoms with van der Waals surface area (Å²) < 4.78 is 5.17. The van der Waals surface area contributed by atoms with Crippen LogP contribution in [0.5, 0.6) is 0 Å². The lowest BCUT2D eigenvalue weighted by Gasteiger charge is -2.23. The monoisotopic (exact) mass is 251 g/mol. The van der Waals surface area contributed by atoms with Gasteiger partial charge < -0.3 is 10.1 Å². The van der Waals surface area contributed by atoms with E-state index in [-0.39, 0.29) is 16.3 Å². The zero-order chi connectivity index (χ0) is 10.5. The van der Waals surface area contributed by atoms with Crippen molar-refractivity contribution in [2.75, 3.05) is 13.7 Å². The van der Waals surface area contributed by atoms with Crippen LogP contribution in [0.15, 0.2) is 0 Å². The number of halogens is 1. The molecule has 0 aliphatic heterocycles. The number of rotatable bonds is 5. The first kappa shape index (κ1) is 12.9. The van der Waals surface area contributed by atoms with Crippen molar-refractivity contribution in [2.45, 2.75) is 37.6 Å². The summed E-state index contributed by atoms with van der Waals surface area (Å²) in [6.45, 7) is 6.36. The predicted octanol–water partition coefficient (Wildman–Crippen LogP) is 1.70. The SMILES string of the molecule is CCC(Br)C(=O)NCC(C)(C)OC. The Morgan fingerprint density at radius 3 is 2.54 bits per heavy atom. The van der Waals surface area contributed by atoms with Gasteiger partial charge in [-0.25, -0.2) is 0 Å². The Hall–Kier alpha value is -0.0900. The maximum Gasteiger partial charge on any atom is 0.233 e. The van der Waals surface area contributed by atoms with Gasteiger partial charge in [-0.2, -0.15) is 0 Å². The number of amides is 1. The van der Waals surface area contributed by atoms with Crippen molar-refractivity contribution in [3.8, 4) is 0 Å². The van der Waals surface area contributed by atoms with Crippen molar-refractivity contribution in [3.05, 3.63) is 0 Å². The lowest BCUT2D eigenvalue weighted by Crippen LogP contribution is -2.42. The summed E-state index contributed by atoms with van der Waals surface area (Å²) in [6, 6.07) is 0. The van der Waals surface area contributed by atoms with E-state index in [2.05, 4.69) is 21.2 Å². The molecular weight excluding hydrogens is 234 g/mol. The van der Waals surface area contributed by atoms with Crippen LogP contribution in [0.2, 0.25) is 0 Å². The van der Waals surface area contributed by atoms with Crippen molar-refractivity contribution >= 4 is 21.8 Å². The van der Waals surface area contributed by atoms with Gasteiger partial charge in [0.05, 0.1) is 10.4 Å². The summed E-state index contributed by atoms with van der Waals surface area (Å²) >= 11 is 3.28. The molecule has 78 valence electrons. The normalized spacial score (nSPS) is 13.9. The van der Waals surface area contributed by atoms with Gasteiger partial charge in [0.1, 0.15) is 0 Å². The molecular formula is C9H18BrNO2. The van der Waals surface area contributed by atoms with Crippen LogP contribution in [0.4, 0.5) is 0 Å². The molecule has 0 rings (SSSR count). The zero-order valence-corrected chi connectivity index (χ0v) is 10.3. The number of ether oxygens (including phenoxy) is 1. The third kappa shape index (κ3) is 5.26. The highest BCUT2D eigenvalue weighted by atomic mass is 79.9.